The maximum absolute atomic E-state index is 11.4. The first-order chi connectivity index (χ1) is 7.99. The molecule has 0 aromatic heterocycles. The maximum Gasteiger partial charge on any atom is 0.234 e. The smallest absolute Gasteiger partial charge is 0.234 e. The van der Waals surface area contributed by atoms with Crippen molar-refractivity contribution in [1.29, 1.82) is 0 Å². The molecule has 0 fully saturated rings. The van der Waals surface area contributed by atoms with Gasteiger partial charge >= 0.3 is 0 Å². The topological polar surface area (TPSA) is 41.1 Å². The lowest BCUT2D eigenvalue weighted by Gasteiger charge is -2.09. The molecule has 1 aromatic carbocycles. The van der Waals surface area contributed by atoms with Crippen molar-refractivity contribution < 1.29 is 4.79 Å². The van der Waals surface area contributed by atoms with Crippen LogP contribution in [0.15, 0.2) is 22.7 Å². The number of carbonyl (C=O) groups is 1. The number of halogens is 2. The largest absolute Gasteiger partial charge is 0.353 e. The van der Waals surface area contributed by atoms with Crippen LogP contribution in [0.4, 0.5) is 0 Å². The summed E-state index contributed by atoms with van der Waals surface area (Å²) < 4.78 is 0.875. The molecule has 0 spiro atoms. The Balaban J connectivity index is 2.36. The van der Waals surface area contributed by atoms with Gasteiger partial charge in [0.05, 0.1) is 11.6 Å². The highest BCUT2D eigenvalue weighted by Crippen LogP contribution is 2.22. The van der Waals surface area contributed by atoms with E-state index in [0.717, 1.165) is 10.0 Å². The highest BCUT2D eigenvalue weighted by Gasteiger charge is 2.03. The molecule has 5 heteroatoms. The van der Waals surface area contributed by atoms with E-state index in [2.05, 4.69) is 26.6 Å². The van der Waals surface area contributed by atoms with Gasteiger partial charge in [0.2, 0.25) is 5.91 Å². The van der Waals surface area contributed by atoms with E-state index in [4.69, 9.17) is 11.6 Å². The molecule has 0 aliphatic rings. The van der Waals surface area contributed by atoms with Gasteiger partial charge in [0.1, 0.15) is 0 Å². The highest BCUT2D eigenvalue weighted by molar-refractivity contribution is 9.10. The third-order valence-electron chi connectivity index (χ3n) is 2.05. The average molecular weight is 320 g/mol. The summed E-state index contributed by atoms with van der Waals surface area (Å²) in [5.41, 5.74) is 1.05. The molecule has 1 aromatic rings. The van der Waals surface area contributed by atoms with Gasteiger partial charge in [0.15, 0.2) is 0 Å². The Morgan fingerprint density at radius 3 is 2.76 bits per heavy atom. The first-order valence-electron chi connectivity index (χ1n) is 5.43. The van der Waals surface area contributed by atoms with Crippen LogP contribution in [0.1, 0.15) is 19.4 Å². The zero-order valence-electron chi connectivity index (χ0n) is 9.89. The van der Waals surface area contributed by atoms with Crippen LogP contribution in [0.3, 0.4) is 0 Å². The van der Waals surface area contributed by atoms with Crippen LogP contribution >= 0.6 is 27.5 Å². The predicted molar refractivity (Wildman–Crippen MR) is 74.1 cm³/mol. The lowest BCUT2D eigenvalue weighted by Crippen LogP contribution is -2.37. The van der Waals surface area contributed by atoms with Gasteiger partial charge in [-0.15, -0.1) is 0 Å². The number of amides is 1. The number of carbonyl (C=O) groups excluding carboxylic acids is 1. The average Bonchev–Trinajstić information content (AvgIpc) is 2.22. The van der Waals surface area contributed by atoms with Crippen molar-refractivity contribution in [3.05, 3.63) is 33.3 Å². The van der Waals surface area contributed by atoms with Crippen LogP contribution in [0.2, 0.25) is 5.02 Å². The summed E-state index contributed by atoms with van der Waals surface area (Å²) in [6, 6.07) is 5.90. The van der Waals surface area contributed by atoms with Crippen LogP contribution in [-0.4, -0.2) is 18.5 Å². The van der Waals surface area contributed by atoms with Crippen LogP contribution in [0.25, 0.3) is 0 Å². The Bertz CT molecular complexity index is 396. The van der Waals surface area contributed by atoms with E-state index >= 15 is 0 Å². The zero-order valence-corrected chi connectivity index (χ0v) is 12.2. The first kappa shape index (κ1) is 14.5. The van der Waals surface area contributed by atoms with E-state index in [9.17, 15) is 4.79 Å². The second-order valence-electron chi connectivity index (χ2n) is 4.07. The maximum atomic E-state index is 11.4. The fraction of sp³-hybridized carbons (Fsp3) is 0.417. The zero-order chi connectivity index (χ0) is 12.8. The summed E-state index contributed by atoms with van der Waals surface area (Å²) in [5.74, 6) is 0.00297. The Kier molecular flexibility index (Phi) is 5.95. The van der Waals surface area contributed by atoms with Crippen LogP contribution < -0.4 is 10.6 Å². The van der Waals surface area contributed by atoms with E-state index in [1.165, 1.54) is 0 Å². The Labute approximate surface area is 115 Å². The standard InChI is InChI=1S/C12H16BrClN2O/c1-8(2)16-12(17)7-15-6-9-3-4-10(13)11(14)5-9/h3-5,8,15H,6-7H2,1-2H3,(H,16,17). The molecule has 0 saturated heterocycles. The Morgan fingerprint density at radius 1 is 1.47 bits per heavy atom. The number of hydrogen-bond acceptors (Lipinski definition) is 2. The van der Waals surface area contributed by atoms with Gasteiger partial charge in [0.25, 0.3) is 0 Å². The molecule has 94 valence electrons. The predicted octanol–water partition coefficient (Wildman–Crippen LogP) is 2.72. The molecule has 17 heavy (non-hydrogen) atoms. The Morgan fingerprint density at radius 2 is 2.18 bits per heavy atom. The van der Waals surface area contributed by atoms with Crippen molar-refractivity contribution in [3.63, 3.8) is 0 Å². The van der Waals surface area contributed by atoms with Gasteiger partial charge in [-0.2, -0.15) is 0 Å². The normalized spacial score (nSPS) is 10.6. The molecule has 3 nitrogen and oxygen atoms in total. The number of rotatable bonds is 5. The van der Waals surface area contributed by atoms with Crippen molar-refractivity contribution in [2.24, 2.45) is 0 Å². The molecule has 0 aliphatic carbocycles. The Hall–Kier alpha value is -0.580. The van der Waals surface area contributed by atoms with Gasteiger partial charge in [-0.25, -0.2) is 0 Å². The minimum Gasteiger partial charge on any atom is -0.353 e. The lowest BCUT2D eigenvalue weighted by molar-refractivity contribution is -0.120. The second kappa shape index (κ2) is 6.99. The molecular weight excluding hydrogens is 304 g/mol. The van der Waals surface area contributed by atoms with E-state index in [-0.39, 0.29) is 11.9 Å². The van der Waals surface area contributed by atoms with Crippen LogP contribution in [-0.2, 0) is 11.3 Å². The summed E-state index contributed by atoms with van der Waals surface area (Å²) in [4.78, 5) is 11.4. The number of nitrogens with one attached hydrogen (secondary N) is 2. The van der Waals surface area contributed by atoms with Crippen molar-refractivity contribution in [1.82, 2.24) is 10.6 Å². The van der Waals surface area contributed by atoms with E-state index in [1.807, 2.05) is 32.0 Å². The monoisotopic (exact) mass is 318 g/mol. The summed E-state index contributed by atoms with van der Waals surface area (Å²) in [5, 5.41) is 6.56. The molecule has 2 N–H and O–H groups in total. The summed E-state index contributed by atoms with van der Waals surface area (Å²) in [7, 11) is 0. The fourth-order valence-corrected chi connectivity index (χ4v) is 1.79. The molecule has 0 saturated carbocycles. The van der Waals surface area contributed by atoms with Crippen molar-refractivity contribution in [2.45, 2.75) is 26.4 Å². The minimum absolute atomic E-state index is 0.00297. The molecule has 1 amide bonds. The van der Waals surface area contributed by atoms with Crippen molar-refractivity contribution in [2.75, 3.05) is 6.54 Å². The number of hydrogen-bond donors (Lipinski definition) is 2. The van der Waals surface area contributed by atoms with Crippen molar-refractivity contribution in [3.8, 4) is 0 Å². The summed E-state index contributed by atoms with van der Waals surface area (Å²) in [6.07, 6.45) is 0. The van der Waals surface area contributed by atoms with Gasteiger partial charge in [-0.3, -0.25) is 4.79 Å². The first-order valence-corrected chi connectivity index (χ1v) is 6.60. The molecule has 0 atom stereocenters. The molecule has 0 aliphatic heterocycles. The molecule has 0 bridgehead atoms. The fourth-order valence-electron chi connectivity index (χ4n) is 1.34. The van der Waals surface area contributed by atoms with Crippen LogP contribution in [0.5, 0.6) is 0 Å². The van der Waals surface area contributed by atoms with E-state index in [1.54, 1.807) is 0 Å². The second-order valence-corrected chi connectivity index (χ2v) is 5.34. The summed E-state index contributed by atoms with van der Waals surface area (Å²) in [6.45, 7) is 4.81. The lowest BCUT2D eigenvalue weighted by atomic mass is 10.2. The molecule has 1 rings (SSSR count). The molecule has 0 unspecified atom stereocenters. The van der Waals surface area contributed by atoms with E-state index < -0.39 is 0 Å². The summed E-state index contributed by atoms with van der Waals surface area (Å²) >= 11 is 9.30. The minimum atomic E-state index is 0.00297. The van der Waals surface area contributed by atoms with Crippen LogP contribution in [0, 0.1) is 0 Å². The quantitative estimate of drug-likeness (QED) is 0.876. The third-order valence-corrected chi connectivity index (χ3v) is 3.28. The van der Waals surface area contributed by atoms with E-state index in [0.29, 0.717) is 18.1 Å². The number of benzene rings is 1. The molecular formula is C12H16BrClN2O. The third kappa shape index (κ3) is 5.52. The SMILES string of the molecule is CC(C)NC(=O)CNCc1ccc(Br)c(Cl)c1. The van der Waals surface area contributed by atoms with Crippen molar-refractivity contribution >= 4 is 33.4 Å². The van der Waals surface area contributed by atoms with Gasteiger partial charge < -0.3 is 10.6 Å². The van der Waals surface area contributed by atoms with Gasteiger partial charge in [-0.05, 0) is 47.5 Å². The molecule has 0 radical (unpaired) electrons. The van der Waals surface area contributed by atoms with Gasteiger partial charge in [0, 0.05) is 17.1 Å². The molecule has 0 heterocycles. The highest BCUT2D eigenvalue weighted by atomic mass is 79.9. The van der Waals surface area contributed by atoms with Gasteiger partial charge in [-0.1, -0.05) is 17.7 Å².